The van der Waals surface area contributed by atoms with Crippen LogP contribution in [0.5, 0.6) is 0 Å². The quantitative estimate of drug-likeness (QED) is 0.581. The highest BCUT2D eigenvalue weighted by molar-refractivity contribution is 6.52. The normalized spacial score (nSPS) is 10.3. The predicted molar refractivity (Wildman–Crippen MR) is 49.6 cm³/mol. The third-order valence-electron chi connectivity index (χ3n) is 1.91. The number of H-pyrrole nitrogens is 1. The van der Waals surface area contributed by atoms with Gasteiger partial charge in [-0.2, -0.15) is 0 Å². The summed E-state index contributed by atoms with van der Waals surface area (Å²) >= 11 is 0. The van der Waals surface area contributed by atoms with Crippen molar-refractivity contribution in [2.45, 2.75) is 6.82 Å². The van der Waals surface area contributed by atoms with E-state index in [-0.39, 0.29) is 0 Å². The Morgan fingerprint density at radius 1 is 1.27 bits per heavy atom. The van der Waals surface area contributed by atoms with Gasteiger partial charge in [0.05, 0.1) is 0 Å². The Balaban J connectivity index is 2.67. The Morgan fingerprint density at radius 2 is 2.18 bits per heavy atom. The minimum Gasteiger partial charge on any atom is -0.361 e. The van der Waals surface area contributed by atoms with E-state index in [1.165, 1.54) is 16.4 Å². The summed E-state index contributed by atoms with van der Waals surface area (Å²) in [6.45, 7) is 2.05. The van der Waals surface area contributed by atoms with Gasteiger partial charge in [0.25, 0.3) is 0 Å². The van der Waals surface area contributed by atoms with E-state index in [0.29, 0.717) is 0 Å². The lowest BCUT2D eigenvalue weighted by Crippen LogP contribution is -2.08. The van der Waals surface area contributed by atoms with Crippen LogP contribution in [0.4, 0.5) is 0 Å². The van der Waals surface area contributed by atoms with Crippen molar-refractivity contribution in [2.75, 3.05) is 0 Å². The molecule has 0 aliphatic heterocycles. The van der Waals surface area contributed by atoms with E-state index in [2.05, 4.69) is 36.5 Å². The maximum absolute atomic E-state index is 3.17. The number of hydrogen-bond donors (Lipinski definition) is 1. The molecule has 11 heavy (non-hydrogen) atoms. The maximum Gasteiger partial charge on any atom is 0.148 e. The summed E-state index contributed by atoms with van der Waals surface area (Å²) in [5, 5.41) is 1.27. The summed E-state index contributed by atoms with van der Waals surface area (Å²) in [5.74, 6) is 0. The Hall–Kier alpha value is -1.18. The highest BCUT2D eigenvalue weighted by Gasteiger charge is 1.94. The van der Waals surface area contributed by atoms with Crippen molar-refractivity contribution in [3.8, 4) is 0 Å². The first-order chi connectivity index (χ1) is 5.40. The molecule has 0 fully saturated rings. The van der Waals surface area contributed by atoms with E-state index in [4.69, 9.17) is 0 Å². The monoisotopic (exact) mass is 142 g/mol. The van der Waals surface area contributed by atoms with Gasteiger partial charge in [0, 0.05) is 11.7 Å². The van der Waals surface area contributed by atoms with Crippen LogP contribution in [-0.4, -0.2) is 12.3 Å². The van der Waals surface area contributed by atoms with Crippen LogP contribution in [0.3, 0.4) is 0 Å². The van der Waals surface area contributed by atoms with Crippen molar-refractivity contribution in [1.82, 2.24) is 4.98 Å². The van der Waals surface area contributed by atoms with Gasteiger partial charge in [-0.1, -0.05) is 24.4 Å². The number of fused-ring (bicyclic) bond motifs is 1. The average Bonchev–Trinajstić information content (AvgIpc) is 2.50. The largest absolute Gasteiger partial charge is 0.361 e. The molecule has 0 bridgehead atoms. The Bertz CT molecular complexity index is 364. The van der Waals surface area contributed by atoms with Gasteiger partial charge >= 0.3 is 0 Å². The van der Waals surface area contributed by atoms with Crippen LogP contribution in [0.2, 0.25) is 6.82 Å². The Kier molecular flexibility index (Phi) is 1.46. The minimum absolute atomic E-state index is 1.21. The molecule has 2 heteroatoms. The predicted octanol–water partition coefficient (Wildman–Crippen LogP) is 1.55. The topological polar surface area (TPSA) is 15.8 Å². The molecule has 2 rings (SSSR count). The first-order valence-corrected chi connectivity index (χ1v) is 3.76. The molecular formula is C9H9BN. The molecule has 0 atom stereocenters. The fraction of sp³-hybridized carbons (Fsp3) is 0.111. The summed E-state index contributed by atoms with van der Waals surface area (Å²) < 4.78 is 0. The van der Waals surface area contributed by atoms with E-state index < -0.39 is 0 Å². The zero-order valence-electron chi connectivity index (χ0n) is 6.46. The van der Waals surface area contributed by atoms with Crippen LogP contribution in [0.1, 0.15) is 0 Å². The Labute approximate surface area is 66.7 Å². The van der Waals surface area contributed by atoms with Crippen molar-refractivity contribution < 1.29 is 0 Å². The first kappa shape index (κ1) is 6.53. The number of aromatic amines is 1. The molecule has 1 radical (unpaired) electrons. The fourth-order valence-corrected chi connectivity index (χ4v) is 1.25. The number of nitrogens with one attached hydrogen (secondary N) is 1. The summed E-state index contributed by atoms with van der Waals surface area (Å²) in [6.07, 6.45) is 1.96. The lowest BCUT2D eigenvalue weighted by atomic mass is 9.73. The third-order valence-corrected chi connectivity index (χ3v) is 1.91. The summed E-state index contributed by atoms with van der Waals surface area (Å²) in [6, 6.07) is 8.47. The molecule has 1 N–H and O–H groups in total. The molecule has 0 aliphatic rings. The second kappa shape index (κ2) is 2.46. The van der Waals surface area contributed by atoms with Gasteiger partial charge in [0.15, 0.2) is 0 Å². The van der Waals surface area contributed by atoms with Crippen molar-refractivity contribution in [3.63, 3.8) is 0 Å². The minimum atomic E-state index is 1.21. The van der Waals surface area contributed by atoms with Gasteiger partial charge in [-0.25, -0.2) is 0 Å². The van der Waals surface area contributed by atoms with Crippen LogP contribution >= 0.6 is 0 Å². The summed E-state index contributed by atoms with van der Waals surface area (Å²) in [5.41, 5.74) is 2.47. The van der Waals surface area contributed by atoms with Crippen molar-refractivity contribution >= 4 is 23.6 Å². The van der Waals surface area contributed by atoms with Crippen LogP contribution in [0.25, 0.3) is 10.9 Å². The molecule has 0 saturated heterocycles. The van der Waals surface area contributed by atoms with E-state index in [9.17, 15) is 0 Å². The molecule has 0 amide bonds. The molecule has 0 unspecified atom stereocenters. The van der Waals surface area contributed by atoms with E-state index in [0.717, 1.165) is 0 Å². The molecule has 0 saturated carbocycles. The molecule has 1 heterocycles. The van der Waals surface area contributed by atoms with Gasteiger partial charge < -0.3 is 4.98 Å². The van der Waals surface area contributed by atoms with Crippen molar-refractivity contribution in [3.05, 3.63) is 30.5 Å². The fourth-order valence-electron chi connectivity index (χ4n) is 1.25. The second-order valence-electron chi connectivity index (χ2n) is 2.61. The van der Waals surface area contributed by atoms with Gasteiger partial charge in [-0.3, -0.25) is 0 Å². The van der Waals surface area contributed by atoms with Crippen LogP contribution in [0.15, 0.2) is 30.5 Å². The van der Waals surface area contributed by atoms with Crippen LogP contribution in [-0.2, 0) is 0 Å². The summed E-state index contributed by atoms with van der Waals surface area (Å²) in [4.78, 5) is 3.17. The molecule has 1 aromatic carbocycles. The zero-order valence-corrected chi connectivity index (χ0v) is 6.46. The van der Waals surface area contributed by atoms with Gasteiger partial charge in [-0.05, 0) is 17.5 Å². The molecular weight excluding hydrogens is 133 g/mol. The number of hydrogen-bond acceptors (Lipinski definition) is 0. The third kappa shape index (κ3) is 1.05. The molecule has 53 valence electrons. The second-order valence-corrected chi connectivity index (χ2v) is 2.61. The number of rotatable bonds is 1. The Morgan fingerprint density at radius 3 is 3.00 bits per heavy atom. The van der Waals surface area contributed by atoms with Crippen LogP contribution in [0, 0.1) is 0 Å². The summed E-state index contributed by atoms with van der Waals surface area (Å²) in [7, 11) is 2.10. The first-order valence-electron chi connectivity index (χ1n) is 3.76. The van der Waals surface area contributed by atoms with E-state index in [1.807, 2.05) is 13.0 Å². The van der Waals surface area contributed by atoms with Gasteiger partial charge in [0.2, 0.25) is 0 Å². The van der Waals surface area contributed by atoms with Crippen molar-refractivity contribution in [1.29, 1.82) is 0 Å². The molecule has 0 aliphatic carbocycles. The zero-order chi connectivity index (χ0) is 7.68. The van der Waals surface area contributed by atoms with Crippen LogP contribution < -0.4 is 5.46 Å². The van der Waals surface area contributed by atoms with Gasteiger partial charge in [-0.15, -0.1) is 0 Å². The van der Waals surface area contributed by atoms with E-state index in [1.54, 1.807) is 0 Å². The highest BCUT2D eigenvalue weighted by atomic mass is 14.7. The average molecular weight is 142 g/mol. The van der Waals surface area contributed by atoms with Gasteiger partial charge in [0.1, 0.15) is 7.28 Å². The lowest BCUT2D eigenvalue weighted by Gasteiger charge is -1.94. The number of aromatic nitrogens is 1. The van der Waals surface area contributed by atoms with E-state index >= 15 is 0 Å². The molecule has 1 aromatic heterocycles. The highest BCUT2D eigenvalue weighted by Crippen LogP contribution is 2.08. The standard InChI is InChI=1S/C9H9BN/c1-10-8-3-2-7-4-5-11-9(7)6-8/h2-6,11H,1H3. The molecule has 0 spiro atoms. The SMILES string of the molecule is C[B]c1ccc2cc[nH]c2c1. The molecule has 1 nitrogen and oxygen atoms in total. The lowest BCUT2D eigenvalue weighted by molar-refractivity contribution is 1.48. The van der Waals surface area contributed by atoms with Crippen molar-refractivity contribution in [2.24, 2.45) is 0 Å². The molecule has 2 aromatic rings. The maximum atomic E-state index is 3.17. The smallest absolute Gasteiger partial charge is 0.148 e. The number of benzene rings is 1.